The molecule has 0 aromatic rings. The van der Waals surface area contributed by atoms with Gasteiger partial charge in [-0.05, 0) is 94.8 Å². The van der Waals surface area contributed by atoms with Gasteiger partial charge in [-0.3, -0.25) is 52.8 Å². The number of aliphatic hydroxyl groups is 1. The fourth-order valence-corrected chi connectivity index (χ4v) is 9.22. The second kappa shape index (κ2) is 35.7. The summed E-state index contributed by atoms with van der Waals surface area (Å²) < 4.78 is 0. The normalized spacial score (nSPS) is 15.3. The van der Waals surface area contributed by atoms with Crippen molar-refractivity contribution in [1.82, 2.24) is 56.0 Å². The van der Waals surface area contributed by atoms with E-state index in [1.165, 1.54) is 70.8 Å². The molecule has 0 fully saturated rings. The Kier molecular flexibility index (Phi) is 33.0. The summed E-state index contributed by atoms with van der Waals surface area (Å²) in [5, 5.41) is 24.0. The van der Waals surface area contributed by atoms with Gasteiger partial charge in [-0.1, -0.05) is 95.2 Å². The van der Waals surface area contributed by atoms with Crippen LogP contribution in [-0.4, -0.2) is 210 Å². The van der Waals surface area contributed by atoms with Crippen LogP contribution in [-0.2, 0) is 47.9 Å². The molecule has 0 heterocycles. The van der Waals surface area contributed by atoms with Gasteiger partial charge in [0.15, 0.2) is 0 Å². The van der Waals surface area contributed by atoms with Crippen molar-refractivity contribution in [1.29, 1.82) is 0 Å². The van der Waals surface area contributed by atoms with Crippen LogP contribution < -0.4 is 26.6 Å². The third-order valence-corrected chi connectivity index (χ3v) is 14.4. The number of nitrogens with zero attached hydrogens (tertiary/aromatic N) is 6. The van der Waals surface area contributed by atoms with Gasteiger partial charge in [-0.25, -0.2) is 4.79 Å². The van der Waals surface area contributed by atoms with Crippen LogP contribution in [0.4, 0.5) is 4.79 Å². The first-order valence-electron chi connectivity index (χ1n) is 28.7. The number of urea groups is 1. The molecule has 0 aromatic carbocycles. The molecule has 0 saturated carbocycles. The monoisotopic (exact) mass is 1150 g/mol. The second-order valence-corrected chi connectivity index (χ2v) is 23.8. The summed E-state index contributed by atoms with van der Waals surface area (Å²) in [5.41, 5.74) is 0. The largest absolute Gasteiger partial charge is 0.394 e. The van der Waals surface area contributed by atoms with E-state index in [4.69, 9.17) is 0 Å². The summed E-state index contributed by atoms with van der Waals surface area (Å²) in [6.07, 6.45) is 5.70. The molecule has 464 valence electrons. The van der Waals surface area contributed by atoms with Gasteiger partial charge in [0.05, 0.1) is 6.61 Å². The lowest BCUT2D eigenvalue weighted by Crippen LogP contribution is -2.62. The van der Waals surface area contributed by atoms with Crippen LogP contribution in [0.1, 0.15) is 149 Å². The fourth-order valence-electron chi connectivity index (χ4n) is 9.22. The first-order chi connectivity index (χ1) is 37.5. The van der Waals surface area contributed by atoms with Gasteiger partial charge in [0.2, 0.25) is 53.2 Å². The summed E-state index contributed by atoms with van der Waals surface area (Å²) in [4.78, 5) is 159. The van der Waals surface area contributed by atoms with Gasteiger partial charge in [0.25, 0.3) is 5.91 Å². The minimum absolute atomic E-state index is 0.0134. The van der Waals surface area contributed by atoms with E-state index in [1.54, 1.807) is 27.8 Å². The Bertz CT molecular complexity index is 2150. The van der Waals surface area contributed by atoms with Gasteiger partial charge >= 0.3 is 6.03 Å². The Balaban J connectivity index is 6.62. The SMILES string of the molecule is C/C=C/C[C@@H](C)CC(C(=O)N[C@@H](CC)C(=O)N(C)C(CO)C(=O)N(C)[C@@H](CC(C)C)C(=O)N[C@@H](C(=O)N(C)[C@H](CC(C)C)C(=O)N[C@H](C)C(=O)N[C@@H](C)C(=O)N(C)[C@@H](CC(C)C)C(=O)N(C)C(=O)NC)C(C)C)N(C)C(=O)CC(C)C. The average molecular weight is 1150 g/mol. The molecule has 0 aliphatic heterocycles. The number of nitrogens with one attached hydrogen (secondary N) is 5. The summed E-state index contributed by atoms with van der Waals surface area (Å²) in [6.45, 7) is 25.9. The van der Waals surface area contributed by atoms with E-state index in [0.29, 0.717) is 12.8 Å². The number of aliphatic hydroxyl groups excluding tert-OH is 1. The summed E-state index contributed by atoms with van der Waals surface area (Å²) in [6, 6.07) is -11.2. The maximum absolute atomic E-state index is 14.6. The van der Waals surface area contributed by atoms with Crippen molar-refractivity contribution in [3.63, 3.8) is 0 Å². The lowest BCUT2D eigenvalue weighted by molar-refractivity contribution is -0.151. The van der Waals surface area contributed by atoms with Crippen molar-refractivity contribution in [2.24, 2.45) is 35.5 Å². The third kappa shape index (κ3) is 23.3. The van der Waals surface area contributed by atoms with Crippen LogP contribution in [0.25, 0.3) is 0 Å². The highest BCUT2D eigenvalue weighted by molar-refractivity contribution is 6.00. The minimum atomic E-state index is -1.50. The highest BCUT2D eigenvalue weighted by Crippen LogP contribution is 2.21. The molecule has 23 nitrogen and oxygen atoms in total. The van der Waals surface area contributed by atoms with Crippen molar-refractivity contribution >= 4 is 65.1 Å². The van der Waals surface area contributed by atoms with Crippen molar-refractivity contribution < 1.29 is 57.8 Å². The topological polar surface area (TPSA) is 288 Å². The number of rotatable bonds is 33. The van der Waals surface area contributed by atoms with Crippen molar-refractivity contribution in [3.05, 3.63) is 12.2 Å². The number of carbonyl (C=O) groups is 11. The first-order valence-corrected chi connectivity index (χ1v) is 28.7. The number of amides is 12. The van der Waals surface area contributed by atoms with E-state index < -0.39 is 126 Å². The van der Waals surface area contributed by atoms with Crippen molar-refractivity contribution in [2.45, 2.75) is 203 Å². The van der Waals surface area contributed by atoms with E-state index in [1.807, 2.05) is 81.4 Å². The molecule has 0 rings (SSSR count). The van der Waals surface area contributed by atoms with Crippen LogP contribution in [0.2, 0.25) is 0 Å². The Labute approximate surface area is 484 Å². The quantitative estimate of drug-likeness (QED) is 0.0517. The Morgan fingerprint density at radius 2 is 0.901 bits per heavy atom. The molecule has 0 spiro atoms. The Hall–Kier alpha value is -6.13. The highest BCUT2D eigenvalue weighted by atomic mass is 16.3. The number of allylic oxidation sites excluding steroid dienone is 2. The lowest BCUT2D eigenvalue weighted by atomic mass is 9.95. The number of likely N-dealkylation sites (N-methyl/N-ethyl adjacent to an activating group) is 6. The summed E-state index contributed by atoms with van der Waals surface area (Å²) >= 11 is 0. The van der Waals surface area contributed by atoms with Gasteiger partial charge in [0, 0.05) is 55.8 Å². The molecule has 0 saturated heterocycles. The second-order valence-electron chi connectivity index (χ2n) is 23.8. The highest BCUT2D eigenvalue weighted by Gasteiger charge is 2.41. The predicted molar refractivity (Wildman–Crippen MR) is 312 cm³/mol. The van der Waals surface area contributed by atoms with Crippen LogP contribution in [0.15, 0.2) is 12.2 Å². The molecule has 23 heteroatoms. The zero-order valence-corrected chi connectivity index (χ0v) is 53.1. The molecule has 0 bridgehead atoms. The number of imide groups is 1. The van der Waals surface area contributed by atoms with Gasteiger partial charge in [-0.15, -0.1) is 0 Å². The molecular weight excluding hydrogens is 1040 g/mol. The van der Waals surface area contributed by atoms with E-state index >= 15 is 0 Å². The van der Waals surface area contributed by atoms with Gasteiger partial charge in [0.1, 0.15) is 54.4 Å². The average Bonchev–Trinajstić information content (AvgIpc) is 3.39. The van der Waals surface area contributed by atoms with Gasteiger partial charge in [-0.2, -0.15) is 0 Å². The third-order valence-electron chi connectivity index (χ3n) is 14.4. The van der Waals surface area contributed by atoms with Crippen LogP contribution in [0, 0.1) is 35.5 Å². The number of hydrogen-bond acceptors (Lipinski definition) is 12. The Morgan fingerprint density at radius 3 is 1.35 bits per heavy atom. The number of carbonyl (C=O) groups excluding carboxylic acids is 11. The maximum atomic E-state index is 14.6. The van der Waals surface area contributed by atoms with E-state index in [-0.39, 0.29) is 67.6 Å². The molecule has 0 aromatic heterocycles. The molecule has 6 N–H and O–H groups in total. The zero-order chi connectivity index (χ0) is 63.1. The molecule has 0 radical (unpaired) electrons. The molecule has 12 amide bonds. The number of hydrogen-bond donors (Lipinski definition) is 6. The predicted octanol–water partition coefficient (Wildman–Crippen LogP) is 3.13. The van der Waals surface area contributed by atoms with Crippen molar-refractivity contribution in [2.75, 3.05) is 55.9 Å². The first kappa shape index (κ1) is 74.9. The molecule has 0 aliphatic rings. The van der Waals surface area contributed by atoms with E-state index in [9.17, 15) is 57.8 Å². The van der Waals surface area contributed by atoms with E-state index in [0.717, 1.165) is 14.7 Å². The molecule has 81 heavy (non-hydrogen) atoms. The van der Waals surface area contributed by atoms with Crippen LogP contribution in [0.5, 0.6) is 0 Å². The van der Waals surface area contributed by atoms with Crippen LogP contribution in [0.3, 0.4) is 0 Å². The summed E-state index contributed by atoms with van der Waals surface area (Å²) in [5.74, 6) is -7.08. The van der Waals surface area contributed by atoms with E-state index in [2.05, 4.69) is 26.6 Å². The standard InChI is InChI=1S/C58H105N11O12/c1-23-25-26-38(13)31-44(64(17)47(71)30-36(9)10)51(74)62-41(24-2)54(77)68(21)46(32-70)56(79)65(18)43(28-34(5)6)52(75)63-48(37(11)12)57(80)66(19)42(27-33(3)4)50(73)60-39(14)49(72)61-40(15)53(76)67(20)45(29-35(7)8)55(78)69(22)58(81)59-16/h23,25,33-46,48,70H,24,26-32H2,1-22H3,(H,59,81)(H,60,73)(H,61,72)(H,62,74)(H,63,75)/b25-23+/t38-,39-,40+,41+,42-,43+,44?,45+,46?,48-/m1/s1. The smallest absolute Gasteiger partial charge is 0.323 e. The minimum Gasteiger partial charge on any atom is -0.394 e. The fraction of sp³-hybridized carbons (Fsp3) is 0.776. The van der Waals surface area contributed by atoms with Crippen LogP contribution >= 0.6 is 0 Å². The molecule has 2 unspecified atom stereocenters. The zero-order valence-electron chi connectivity index (χ0n) is 53.1. The Morgan fingerprint density at radius 1 is 0.469 bits per heavy atom. The van der Waals surface area contributed by atoms with Gasteiger partial charge < -0.3 is 56.2 Å². The molecule has 10 atom stereocenters. The summed E-state index contributed by atoms with van der Waals surface area (Å²) in [7, 11) is 9.76. The molecule has 0 aliphatic carbocycles. The lowest BCUT2D eigenvalue weighted by Gasteiger charge is -2.37. The van der Waals surface area contributed by atoms with Crippen molar-refractivity contribution in [3.8, 4) is 0 Å². The maximum Gasteiger partial charge on any atom is 0.323 e. The molecular formula is C58H105N11O12.